The van der Waals surface area contributed by atoms with Crippen LogP contribution in [0.5, 0.6) is 11.5 Å². The van der Waals surface area contributed by atoms with Crippen LogP contribution in [0.2, 0.25) is 0 Å². The third kappa shape index (κ3) is 4.63. The molecule has 0 aliphatic rings. The maximum atomic E-state index is 12.3. The van der Waals surface area contributed by atoms with Crippen LogP contribution in [0, 0.1) is 0 Å². The maximum absolute atomic E-state index is 12.3. The van der Waals surface area contributed by atoms with E-state index in [0.29, 0.717) is 29.6 Å². The number of para-hydroxylation sites is 1. The van der Waals surface area contributed by atoms with Gasteiger partial charge in [-0.05, 0) is 35.7 Å². The maximum Gasteiger partial charge on any atom is 0.248 e. The lowest BCUT2D eigenvalue weighted by Crippen LogP contribution is -2.12. The Morgan fingerprint density at radius 3 is 2.71 bits per heavy atom. The van der Waals surface area contributed by atoms with Crippen LogP contribution in [0.25, 0.3) is 11.5 Å². The number of carbonyl (C=O) groups is 1. The third-order valence-corrected chi connectivity index (χ3v) is 4.58. The van der Waals surface area contributed by atoms with Gasteiger partial charge in [-0.3, -0.25) is 4.79 Å². The molecule has 0 saturated carbocycles. The van der Waals surface area contributed by atoms with Crippen molar-refractivity contribution in [1.82, 2.24) is 10.2 Å². The third-order valence-electron chi connectivity index (χ3n) is 3.90. The van der Waals surface area contributed by atoms with E-state index in [1.807, 2.05) is 65.4 Å². The van der Waals surface area contributed by atoms with E-state index in [2.05, 4.69) is 15.5 Å². The number of nitrogens with zero attached hydrogens (tertiary/aromatic N) is 2. The van der Waals surface area contributed by atoms with E-state index in [9.17, 15) is 4.79 Å². The zero-order chi connectivity index (χ0) is 19.2. The van der Waals surface area contributed by atoms with Crippen molar-refractivity contribution >= 4 is 22.9 Å². The standard InChI is InChI=1S/C21H17N3O3S/c25-19(9-10-20-23-24-21(27-20)15-11-12-28-14-15)22-16-5-4-8-18(13-16)26-17-6-2-1-3-7-17/h1-8,11-14H,9-10H2,(H,22,25). The fraction of sp³-hybridized carbons (Fsp3) is 0.0952. The van der Waals surface area contributed by atoms with Gasteiger partial charge < -0.3 is 14.5 Å². The first-order valence-electron chi connectivity index (χ1n) is 8.74. The highest BCUT2D eigenvalue weighted by molar-refractivity contribution is 7.08. The summed E-state index contributed by atoms with van der Waals surface area (Å²) < 4.78 is 11.4. The molecular weight excluding hydrogens is 374 g/mol. The van der Waals surface area contributed by atoms with Crippen LogP contribution >= 0.6 is 11.3 Å². The summed E-state index contributed by atoms with van der Waals surface area (Å²) in [5.74, 6) is 2.18. The van der Waals surface area contributed by atoms with E-state index in [1.54, 1.807) is 17.4 Å². The van der Waals surface area contributed by atoms with Gasteiger partial charge in [0.15, 0.2) is 0 Å². The fourth-order valence-corrected chi connectivity index (χ4v) is 3.19. The molecular formula is C21H17N3O3S. The molecule has 6 nitrogen and oxygen atoms in total. The van der Waals surface area contributed by atoms with Crippen molar-refractivity contribution in [3.8, 4) is 23.0 Å². The van der Waals surface area contributed by atoms with E-state index < -0.39 is 0 Å². The minimum Gasteiger partial charge on any atom is -0.457 e. The zero-order valence-corrected chi connectivity index (χ0v) is 15.7. The van der Waals surface area contributed by atoms with E-state index in [0.717, 1.165) is 11.3 Å². The highest BCUT2D eigenvalue weighted by Gasteiger charge is 2.11. The van der Waals surface area contributed by atoms with Crippen LogP contribution in [-0.2, 0) is 11.2 Å². The molecule has 0 fully saturated rings. The van der Waals surface area contributed by atoms with Gasteiger partial charge in [-0.15, -0.1) is 10.2 Å². The number of hydrogen-bond acceptors (Lipinski definition) is 6. The first-order chi connectivity index (χ1) is 13.8. The molecule has 2 aromatic heterocycles. The fourth-order valence-electron chi connectivity index (χ4n) is 2.56. The summed E-state index contributed by atoms with van der Waals surface area (Å²) in [4.78, 5) is 12.3. The quantitative estimate of drug-likeness (QED) is 0.471. The van der Waals surface area contributed by atoms with E-state index in [4.69, 9.17) is 9.15 Å². The number of hydrogen-bond donors (Lipinski definition) is 1. The van der Waals surface area contributed by atoms with E-state index in [-0.39, 0.29) is 12.3 Å². The smallest absolute Gasteiger partial charge is 0.248 e. The number of carbonyl (C=O) groups excluding carboxylic acids is 1. The monoisotopic (exact) mass is 391 g/mol. The summed E-state index contributed by atoms with van der Waals surface area (Å²) in [7, 11) is 0. The van der Waals surface area contributed by atoms with Gasteiger partial charge in [0.1, 0.15) is 11.5 Å². The number of nitrogens with one attached hydrogen (secondary N) is 1. The number of aromatic nitrogens is 2. The Labute approximate surface area is 165 Å². The van der Waals surface area contributed by atoms with Crippen LogP contribution in [0.1, 0.15) is 12.3 Å². The summed E-state index contributed by atoms with van der Waals surface area (Å²) in [6.07, 6.45) is 0.623. The van der Waals surface area contributed by atoms with E-state index in [1.165, 1.54) is 0 Å². The lowest BCUT2D eigenvalue weighted by Gasteiger charge is -2.08. The second kappa shape index (κ2) is 8.49. The van der Waals surface area contributed by atoms with Gasteiger partial charge in [-0.25, -0.2) is 0 Å². The number of aryl methyl sites for hydroxylation is 1. The number of benzene rings is 2. The molecule has 1 N–H and O–H groups in total. The topological polar surface area (TPSA) is 77.2 Å². The van der Waals surface area contributed by atoms with Gasteiger partial charge in [-0.2, -0.15) is 11.3 Å². The number of rotatable bonds is 7. The summed E-state index contributed by atoms with van der Waals surface area (Å²) >= 11 is 1.56. The summed E-state index contributed by atoms with van der Waals surface area (Å²) in [5, 5.41) is 14.8. The van der Waals surface area contributed by atoms with Crippen molar-refractivity contribution in [3.63, 3.8) is 0 Å². The van der Waals surface area contributed by atoms with Gasteiger partial charge in [0, 0.05) is 35.5 Å². The SMILES string of the molecule is O=C(CCc1nnc(-c2ccsc2)o1)Nc1cccc(Oc2ccccc2)c1. The molecule has 28 heavy (non-hydrogen) atoms. The lowest BCUT2D eigenvalue weighted by molar-refractivity contribution is -0.116. The molecule has 0 radical (unpaired) electrons. The zero-order valence-electron chi connectivity index (χ0n) is 14.9. The van der Waals surface area contributed by atoms with Gasteiger partial charge in [0.05, 0.1) is 0 Å². The van der Waals surface area contributed by atoms with Crippen LogP contribution in [0.3, 0.4) is 0 Å². The number of thiophene rings is 1. The minimum absolute atomic E-state index is 0.132. The molecule has 140 valence electrons. The molecule has 0 aliphatic heterocycles. The lowest BCUT2D eigenvalue weighted by atomic mass is 10.2. The minimum atomic E-state index is -0.132. The highest BCUT2D eigenvalue weighted by atomic mass is 32.1. The van der Waals surface area contributed by atoms with Crippen molar-refractivity contribution in [2.45, 2.75) is 12.8 Å². The van der Waals surface area contributed by atoms with Crippen LogP contribution in [-0.4, -0.2) is 16.1 Å². The Morgan fingerprint density at radius 2 is 1.89 bits per heavy atom. The number of ether oxygens (including phenoxy) is 1. The van der Waals surface area contributed by atoms with Crippen molar-refractivity contribution in [2.75, 3.05) is 5.32 Å². The highest BCUT2D eigenvalue weighted by Crippen LogP contribution is 2.24. The Balaban J connectivity index is 1.32. The number of amides is 1. The first kappa shape index (κ1) is 17.9. The van der Waals surface area contributed by atoms with Gasteiger partial charge in [0.2, 0.25) is 17.7 Å². The molecule has 0 bridgehead atoms. The van der Waals surface area contributed by atoms with Gasteiger partial charge >= 0.3 is 0 Å². The van der Waals surface area contributed by atoms with Crippen molar-refractivity contribution in [1.29, 1.82) is 0 Å². The van der Waals surface area contributed by atoms with Crippen LogP contribution < -0.4 is 10.1 Å². The average Bonchev–Trinajstić information content (AvgIpc) is 3.39. The summed E-state index contributed by atoms with van der Waals surface area (Å²) in [6, 6.07) is 18.7. The molecule has 4 rings (SSSR count). The molecule has 2 heterocycles. The first-order valence-corrected chi connectivity index (χ1v) is 9.68. The largest absolute Gasteiger partial charge is 0.457 e. The number of anilines is 1. The molecule has 1 amide bonds. The Hall–Kier alpha value is -3.45. The molecule has 0 saturated heterocycles. The second-order valence-corrected chi connectivity index (χ2v) is 6.78. The van der Waals surface area contributed by atoms with Gasteiger partial charge in [-0.1, -0.05) is 24.3 Å². The molecule has 7 heteroatoms. The van der Waals surface area contributed by atoms with Crippen LogP contribution in [0.4, 0.5) is 5.69 Å². The Bertz CT molecular complexity index is 1050. The predicted molar refractivity (Wildman–Crippen MR) is 108 cm³/mol. The van der Waals surface area contributed by atoms with Crippen LogP contribution in [0.15, 0.2) is 75.8 Å². The molecule has 0 atom stereocenters. The normalized spacial score (nSPS) is 10.6. The molecule has 0 unspecified atom stereocenters. The van der Waals surface area contributed by atoms with E-state index >= 15 is 0 Å². The summed E-state index contributed by atoms with van der Waals surface area (Å²) in [5.41, 5.74) is 1.56. The molecule has 2 aromatic carbocycles. The van der Waals surface area contributed by atoms with Crippen molar-refractivity contribution in [2.24, 2.45) is 0 Å². The Morgan fingerprint density at radius 1 is 1.04 bits per heavy atom. The second-order valence-electron chi connectivity index (χ2n) is 6.00. The van der Waals surface area contributed by atoms with Gasteiger partial charge in [0.25, 0.3) is 0 Å². The average molecular weight is 391 g/mol. The predicted octanol–water partition coefficient (Wildman–Crippen LogP) is 5.16. The Kier molecular flexibility index (Phi) is 5.44. The summed E-state index contributed by atoms with van der Waals surface area (Å²) in [6.45, 7) is 0. The molecule has 4 aromatic rings. The molecule has 0 spiro atoms. The van der Waals surface area contributed by atoms with Crippen molar-refractivity contribution in [3.05, 3.63) is 77.3 Å². The van der Waals surface area contributed by atoms with Crippen molar-refractivity contribution < 1.29 is 13.9 Å². The molecule has 0 aliphatic carbocycles.